The summed E-state index contributed by atoms with van der Waals surface area (Å²) in [6, 6.07) is 7.29. The molecule has 0 saturated carbocycles. The predicted molar refractivity (Wildman–Crippen MR) is 85.9 cm³/mol. The number of nitrogens with one attached hydrogen (secondary N) is 1. The van der Waals surface area contributed by atoms with E-state index in [0.717, 1.165) is 45.3 Å². The predicted octanol–water partition coefficient (Wildman–Crippen LogP) is 2.40. The number of rotatable bonds is 6. The lowest BCUT2D eigenvalue weighted by atomic mass is 10.1. The lowest BCUT2D eigenvalue weighted by molar-refractivity contribution is 0.211. The minimum atomic E-state index is -3.40. The Morgan fingerprint density at radius 1 is 1.24 bits per heavy atom. The minimum absolute atomic E-state index is 0.0269. The van der Waals surface area contributed by atoms with Crippen molar-refractivity contribution in [1.82, 2.24) is 9.62 Å². The molecular weight excluding hydrogens is 284 g/mol. The summed E-state index contributed by atoms with van der Waals surface area (Å²) >= 11 is 0. The van der Waals surface area contributed by atoms with Crippen LogP contribution < -0.4 is 4.72 Å². The molecule has 2 rings (SSSR count). The topological polar surface area (TPSA) is 49.4 Å². The van der Waals surface area contributed by atoms with Gasteiger partial charge in [-0.3, -0.25) is 0 Å². The highest BCUT2D eigenvalue weighted by Gasteiger charge is 2.24. The molecule has 1 aromatic rings. The molecule has 0 aromatic heterocycles. The number of likely N-dealkylation sites (N-methyl/N-ethyl adjacent to an activating group) is 1. The van der Waals surface area contributed by atoms with Crippen LogP contribution in [-0.2, 0) is 16.4 Å². The molecule has 118 valence electrons. The number of sulfonamides is 1. The van der Waals surface area contributed by atoms with Gasteiger partial charge in [0.2, 0.25) is 10.0 Å². The van der Waals surface area contributed by atoms with E-state index in [4.69, 9.17) is 0 Å². The van der Waals surface area contributed by atoms with Crippen LogP contribution in [0.3, 0.4) is 0 Å². The molecule has 1 heterocycles. The number of hydrogen-bond donors (Lipinski definition) is 1. The number of nitrogens with zero attached hydrogens (tertiary/aromatic N) is 1. The van der Waals surface area contributed by atoms with E-state index >= 15 is 0 Å². The van der Waals surface area contributed by atoms with Gasteiger partial charge in [0.25, 0.3) is 0 Å². The van der Waals surface area contributed by atoms with Gasteiger partial charge in [0.1, 0.15) is 0 Å². The van der Waals surface area contributed by atoms with Crippen molar-refractivity contribution in [1.29, 1.82) is 0 Å². The number of benzene rings is 1. The largest absolute Gasteiger partial charge is 0.302 e. The third-order valence-corrected chi connectivity index (χ3v) is 5.58. The summed E-state index contributed by atoms with van der Waals surface area (Å²) in [6.45, 7) is 7.09. The van der Waals surface area contributed by atoms with Gasteiger partial charge in [-0.1, -0.05) is 32.4 Å². The first-order valence-electron chi connectivity index (χ1n) is 7.88. The SMILES string of the molecule is CCCc1ccc(S(=O)(=O)N[C@H]2CCCN(CC)C2)cc1. The second-order valence-electron chi connectivity index (χ2n) is 5.75. The molecule has 0 bridgehead atoms. The Morgan fingerprint density at radius 2 is 1.95 bits per heavy atom. The summed E-state index contributed by atoms with van der Waals surface area (Å²) in [6.07, 6.45) is 4.03. The maximum absolute atomic E-state index is 12.4. The van der Waals surface area contributed by atoms with E-state index in [9.17, 15) is 8.42 Å². The van der Waals surface area contributed by atoms with Gasteiger partial charge in [-0.15, -0.1) is 0 Å². The van der Waals surface area contributed by atoms with E-state index in [2.05, 4.69) is 23.5 Å². The molecule has 1 saturated heterocycles. The van der Waals surface area contributed by atoms with Gasteiger partial charge >= 0.3 is 0 Å². The summed E-state index contributed by atoms with van der Waals surface area (Å²) in [5, 5.41) is 0. The van der Waals surface area contributed by atoms with Crippen molar-refractivity contribution >= 4 is 10.0 Å². The van der Waals surface area contributed by atoms with Gasteiger partial charge in [0, 0.05) is 12.6 Å². The molecule has 1 atom stereocenters. The first-order chi connectivity index (χ1) is 10.0. The van der Waals surface area contributed by atoms with Gasteiger partial charge in [0.05, 0.1) is 4.90 Å². The van der Waals surface area contributed by atoms with E-state index in [1.807, 2.05) is 12.1 Å². The van der Waals surface area contributed by atoms with Crippen LogP contribution in [-0.4, -0.2) is 39.0 Å². The fraction of sp³-hybridized carbons (Fsp3) is 0.625. The van der Waals surface area contributed by atoms with Crippen LogP contribution in [0.25, 0.3) is 0 Å². The molecule has 4 nitrogen and oxygen atoms in total. The molecular formula is C16H26N2O2S. The van der Waals surface area contributed by atoms with E-state index in [1.54, 1.807) is 12.1 Å². The van der Waals surface area contributed by atoms with Crippen molar-refractivity contribution in [3.63, 3.8) is 0 Å². The highest BCUT2D eigenvalue weighted by Crippen LogP contribution is 2.15. The van der Waals surface area contributed by atoms with Crippen LogP contribution in [0.1, 0.15) is 38.7 Å². The number of likely N-dealkylation sites (tertiary alicyclic amines) is 1. The zero-order valence-corrected chi connectivity index (χ0v) is 13.8. The van der Waals surface area contributed by atoms with Crippen LogP contribution in [0.4, 0.5) is 0 Å². The van der Waals surface area contributed by atoms with Crippen molar-refractivity contribution < 1.29 is 8.42 Å². The smallest absolute Gasteiger partial charge is 0.240 e. The van der Waals surface area contributed by atoms with Crippen LogP contribution in [0, 0.1) is 0 Å². The Kier molecular flexibility index (Phi) is 5.79. The maximum atomic E-state index is 12.4. The zero-order valence-electron chi connectivity index (χ0n) is 13.0. The summed E-state index contributed by atoms with van der Waals surface area (Å²) < 4.78 is 27.7. The highest BCUT2D eigenvalue weighted by atomic mass is 32.2. The molecule has 5 heteroatoms. The third kappa shape index (κ3) is 4.53. The summed E-state index contributed by atoms with van der Waals surface area (Å²) in [5.41, 5.74) is 1.19. The first-order valence-corrected chi connectivity index (χ1v) is 9.37. The Morgan fingerprint density at radius 3 is 2.57 bits per heavy atom. The molecule has 0 unspecified atom stereocenters. The third-order valence-electron chi connectivity index (χ3n) is 4.05. The normalized spacial score (nSPS) is 20.6. The summed E-state index contributed by atoms with van der Waals surface area (Å²) in [4.78, 5) is 2.66. The molecule has 1 aliphatic heterocycles. The maximum Gasteiger partial charge on any atom is 0.240 e. The molecule has 0 spiro atoms. The quantitative estimate of drug-likeness (QED) is 0.878. The lowest BCUT2D eigenvalue weighted by Crippen LogP contribution is -2.47. The highest BCUT2D eigenvalue weighted by molar-refractivity contribution is 7.89. The number of aryl methyl sites for hydroxylation is 1. The number of piperidine rings is 1. The van der Waals surface area contributed by atoms with Crippen molar-refractivity contribution in [3.05, 3.63) is 29.8 Å². The monoisotopic (exact) mass is 310 g/mol. The molecule has 0 radical (unpaired) electrons. The minimum Gasteiger partial charge on any atom is -0.302 e. The summed E-state index contributed by atoms with van der Waals surface area (Å²) in [7, 11) is -3.40. The van der Waals surface area contributed by atoms with E-state index < -0.39 is 10.0 Å². The average Bonchev–Trinajstić information content (AvgIpc) is 2.48. The second kappa shape index (κ2) is 7.38. The van der Waals surface area contributed by atoms with Crippen LogP contribution in [0.15, 0.2) is 29.2 Å². The Hall–Kier alpha value is -0.910. The number of hydrogen-bond acceptors (Lipinski definition) is 3. The van der Waals surface area contributed by atoms with Gasteiger partial charge in [-0.05, 0) is 50.0 Å². The molecule has 21 heavy (non-hydrogen) atoms. The summed E-state index contributed by atoms with van der Waals surface area (Å²) in [5.74, 6) is 0. The molecule has 1 N–H and O–H groups in total. The van der Waals surface area contributed by atoms with Gasteiger partial charge in [0.15, 0.2) is 0 Å². The van der Waals surface area contributed by atoms with Crippen LogP contribution in [0.5, 0.6) is 0 Å². The average molecular weight is 310 g/mol. The van der Waals surface area contributed by atoms with Gasteiger partial charge in [-0.25, -0.2) is 13.1 Å². The van der Waals surface area contributed by atoms with Crippen LogP contribution >= 0.6 is 0 Å². The van der Waals surface area contributed by atoms with E-state index in [-0.39, 0.29) is 6.04 Å². The zero-order chi connectivity index (χ0) is 15.3. The first kappa shape index (κ1) is 16.5. The Balaban J connectivity index is 2.03. The van der Waals surface area contributed by atoms with Gasteiger partial charge in [-0.2, -0.15) is 0 Å². The van der Waals surface area contributed by atoms with Crippen LogP contribution in [0.2, 0.25) is 0 Å². The Bertz CT molecular complexity index is 540. The van der Waals surface area contributed by atoms with Gasteiger partial charge < -0.3 is 4.90 Å². The molecule has 0 aliphatic carbocycles. The van der Waals surface area contributed by atoms with Crippen molar-refractivity contribution in [2.24, 2.45) is 0 Å². The molecule has 1 fully saturated rings. The molecule has 1 aliphatic rings. The van der Waals surface area contributed by atoms with Crippen molar-refractivity contribution in [2.45, 2.75) is 50.5 Å². The Labute approximate surface area is 128 Å². The van der Waals surface area contributed by atoms with E-state index in [0.29, 0.717) is 4.90 Å². The molecule has 0 amide bonds. The fourth-order valence-electron chi connectivity index (χ4n) is 2.85. The fourth-order valence-corrected chi connectivity index (χ4v) is 4.11. The molecule has 1 aromatic carbocycles. The second-order valence-corrected chi connectivity index (χ2v) is 7.46. The standard InChI is InChI=1S/C16H26N2O2S/c1-3-6-14-8-10-16(11-9-14)21(19,20)17-15-7-5-12-18(4-2)13-15/h8-11,15,17H,3-7,12-13H2,1-2H3/t15-/m0/s1. The van der Waals surface area contributed by atoms with E-state index in [1.165, 1.54) is 5.56 Å². The van der Waals surface area contributed by atoms with Crippen molar-refractivity contribution in [2.75, 3.05) is 19.6 Å². The van der Waals surface area contributed by atoms with Crippen molar-refractivity contribution in [3.8, 4) is 0 Å². The lowest BCUT2D eigenvalue weighted by Gasteiger charge is -2.32.